The lowest BCUT2D eigenvalue weighted by Crippen LogP contribution is -2.33. The summed E-state index contributed by atoms with van der Waals surface area (Å²) >= 11 is 3.78. The minimum Gasteiger partial charge on any atom is -0.382 e. The fraction of sp³-hybridized carbons (Fsp3) is 1.00. The molecule has 1 aliphatic heterocycles. The largest absolute Gasteiger partial charge is 0.382 e. The SMILES string of the molecule is B[C@@H]1O[C@H](COC)C(OP(C)(=O)S)[C@@H]1F. The first-order valence-corrected chi connectivity index (χ1v) is 7.84. The first-order chi connectivity index (χ1) is 6.85. The van der Waals surface area contributed by atoms with Crippen LogP contribution in [0.5, 0.6) is 0 Å². The molecule has 2 unspecified atom stereocenters. The van der Waals surface area contributed by atoms with Crippen LogP contribution in [0.15, 0.2) is 0 Å². The average Bonchev–Trinajstić information content (AvgIpc) is 2.32. The van der Waals surface area contributed by atoms with Gasteiger partial charge in [-0.3, -0.25) is 4.57 Å². The minimum absolute atomic E-state index is 0.212. The van der Waals surface area contributed by atoms with E-state index in [1.54, 1.807) is 7.85 Å². The molecular formula is C7H15BFO4PS. The van der Waals surface area contributed by atoms with Gasteiger partial charge in [0.2, 0.25) is 0 Å². The van der Waals surface area contributed by atoms with E-state index < -0.39 is 31.0 Å². The summed E-state index contributed by atoms with van der Waals surface area (Å²) in [4.78, 5) is 0. The zero-order valence-electron chi connectivity index (χ0n) is 8.92. The standard InChI is InChI=1S/C7H15BFO4PS/c1-11-3-4-6(13-14(2,10)15)5(9)7(8)12-4/h4-7H,3,8H2,1-2H3,(H,10,15)/t4-,5+,6?,7-,14?/m1/s1. The summed E-state index contributed by atoms with van der Waals surface area (Å²) in [6.07, 6.45) is -2.70. The van der Waals surface area contributed by atoms with Gasteiger partial charge >= 0.3 is 0 Å². The van der Waals surface area contributed by atoms with Gasteiger partial charge in [-0.2, -0.15) is 0 Å². The monoisotopic (exact) mass is 256 g/mol. The lowest BCUT2D eigenvalue weighted by molar-refractivity contribution is -0.00923. The molecule has 0 bridgehead atoms. The van der Waals surface area contributed by atoms with Crippen LogP contribution in [-0.2, 0) is 18.6 Å². The lowest BCUT2D eigenvalue weighted by atomic mass is 9.94. The van der Waals surface area contributed by atoms with Crippen molar-refractivity contribution in [2.75, 3.05) is 20.4 Å². The Morgan fingerprint density at radius 3 is 2.73 bits per heavy atom. The van der Waals surface area contributed by atoms with Crippen molar-refractivity contribution in [1.82, 2.24) is 0 Å². The van der Waals surface area contributed by atoms with Gasteiger partial charge < -0.3 is 14.0 Å². The van der Waals surface area contributed by atoms with E-state index in [9.17, 15) is 8.96 Å². The number of halogens is 1. The average molecular weight is 256 g/mol. The van der Waals surface area contributed by atoms with E-state index in [1.807, 2.05) is 0 Å². The molecule has 0 amide bonds. The summed E-state index contributed by atoms with van der Waals surface area (Å²) in [5.41, 5.74) is 0. The van der Waals surface area contributed by atoms with Gasteiger partial charge in [0.05, 0.1) is 12.6 Å². The van der Waals surface area contributed by atoms with Crippen LogP contribution in [0.25, 0.3) is 0 Å². The smallest absolute Gasteiger partial charge is 0.252 e. The van der Waals surface area contributed by atoms with Crippen molar-refractivity contribution in [3.05, 3.63) is 0 Å². The Morgan fingerprint density at radius 1 is 1.67 bits per heavy atom. The Hall–Kier alpha value is 0.455. The predicted octanol–water partition coefficient (Wildman–Crippen LogP) is 0.467. The molecule has 1 fully saturated rings. The topological polar surface area (TPSA) is 44.8 Å². The number of ether oxygens (including phenoxy) is 2. The van der Waals surface area contributed by atoms with Crippen LogP contribution in [0.3, 0.4) is 0 Å². The summed E-state index contributed by atoms with van der Waals surface area (Å²) in [5.74, 6) is 0. The van der Waals surface area contributed by atoms with E-state index in [1.165, 1.54) is 13.8 Å². The number of hydrogen-bond acceptors (Lipinski definition) is 4. The maximum Gasteiger partial charge on any atom is 0.252 e. The quantitative estimate of drug-likeness (QED) is 0.451. The molecule has 0 radical (unpaired) electrons. The van der Waals surface area contributed by atoms with E-state index in [0.717, 1.165) is 0 Å². The highest BCUT2D eigenvalue weighted by Crippen LogP contribution is 2.50. The Kier molecular flexibility index (Phi) is 4.68. The third-order valence-electron chi connectivity index (χ3n) is 2.17. The normalized spacial score (nSPS) is 40.3. The summed E-state index contributed by atoms with van der Waals surface area (Å²) in [5, 5.41) is 0. The Labute approximate surface area is 94.9 Å². The van der Waals surface area contributed by atoms with Gasteiger partial charge in [0.1, 0.15) is 26.2 Å². The van der Waals surface area contributed by atoms with Crippen molar-refractivity contribution < 1.29 is 23.0 Å². The van der Waals surface area contributed by atoms with Crippen LogP contribution in [0.4, 0.5) is 4.39 Å². The second-order valence-electron chi connectivity index (χ2n) is 3.65. The zero-order valence-corrected chi connectivity index (χ0v) is 10.7. The molecule has 4 nitrogen and oxygen atoms in total. The van der Waals surface area contributed by atoms with Crippen LogP contribution in [-0.4, -0.2) is 52.6 Å². The summed E-state index contributed by atoms with van der Waals surface area (Å²) in [6.45, 7) is -1.48. The highest BCUT2D eigenvalue weighted by molar-refractivity contribution is 8.46. The number of hydrogen-bond donors (Lipinski definition) is 1. The maximum atomic E-state index is 13.6. The van der Waals surface area contributed by atoms with Crippen LogP contribution < -0.4 is 0 Å². The molecule has 0 aromatic heterocycles. The molecule has 0 aromatic carbocycles. The highest BCUT2D eigenvalue weighted by Gasteiger charge is 2.45. The van der Waals surface area contributed by atoms with Crippen molar-refractivity contribution in [3.63, 3.8) is 0 Å². The molecule has 1 aliphatic rings. The molecule has 15 heavy (non-hydrogen) atoms. The van der Waals surface area contributed by atoms with E-state index in [0.29, 0.717) is 0 Å². The second-order valence-corrected chi connectivity index (χ2v) is 7.65. The van der Waals surface area contributed by atoms with Gasteiger partial charge in [-0.25, -0.2) is 4.39 Å². The van der Waals surface area contributed by atoms with Gasteiger partial charge in [-0.15, -0.1) is 0 Å². The van der Waals surface area contributed by atoms with E-state index in [4.69, 9.17) is 14.0 Å². The number of rotatable bonds is 4. The molecule has 1 saturated heterocycles. The molecular weight excluding hydrogens is 241 g/mol. The molecule has 1 heterocycles. The number of thiol groups is 1. The fourth-order valence-corrected chi connectivity index (χ4v) is 2.58. The van der Waals surface area contributed by atoms with E-state index in [2.05, 4.69) is 12.2 Å². The summed E-state index contributed by atoms with van der Waals surface area (Å²) < 4.78 is 40.2. The van der Waals surface area contributed by atoms with Crippen LogP contribution in [0, 0.1) is 0 Å². The first kappa shape index (κ1) is 13.5. The molecule has 0 aliphatic carbocycles. The molecule has 0 saturated carbocycles. The van der Waals surface area contributed by atoms with Crippen LogP contribution in [0.2, 0.25) is 0 Å². The third-order valence-corrected chi connectivity index (χ3v) is 3.08. The molecule has 5 atom stereocenters. The van der Waals surface area contributed by atoms with Gasteiger partial charge in [0.25, 0.3) is 6.57 Å². The van der Waals surface area contributed by atoms with E-state index in [-0.39, 0.29) is 6.61 Å². The van der Waals surface area contributed by atoms with E-state index >= 15 is 0 Å². The van der Waals surface area contributed by atoms with Crippen molar-refractivity contribution >= 4 is 26.7 Å². The predicted molar refractivity (Wildman–Crippen MR) is 61.4 cm³/mol. The van der Waals surface area contributed by atoms with Gasteiger partial charge in [-0.1, -0.05) is 12.2 Å². The summed E-state index contributed by atoms with van der Waals surface area (Å²) in [6, 6.07) is -0.574. The number of methoxy groups -OCH3 is 1. The molecule has 0 aromatic rings. The minimum atomic E-state index is -3.02. The summed E-state index contributed by atoms with van der Waals surface area (Å²) in [7, 11) is 3.10. The Balaban J connectivity index is 2.68. The molecule has 1 rings (SSSR count). The Bertz CT molecular complexity index is 263. The first-order valence-electron chi connectivity index (χ1n) is 4.62. The van der Waals surface area contributed by atoms with Crippen molar-refractivity contribution in [2.24, 2.45) is 0 Å². The van der Waals surface area contributed by atoms with Gasteiger partial charge in [-0.05, 0) is 0 Å². The Morgan fingerprint density at radius 2 is 2.27 bits per heavy atom. The van der Waals surface area contributed by atoms with Crippen LogP contribution in [0.1, 0.15) is 0 Å². The number of alkyl halides is 1. The van der Waals surface area contributed by atoms with Gasteiger partial charge in [0, 0.05) is 13.8 Å². The van der Waals surface area contributed by atoms with Crippen molar-refractivity contribution in [3.8, 4) is 0 Å². The molecule has 8 heteroatoms. The molecule has 0 N–H and O–H groups in total. The van der Waals surface area contributed by atoms with Crippen molar-refractivity contribution in [1.29, 1.82) is 0 Å². The maximum absolute atomic E-state index is 13.6. The highest BCUT2D eigenvalue weighted by atomic mass is 32.7. The van der Waals surface area contributed by atoms with Crippen LogP contribution >= 0.6 is 18.8 Å². The van der Waals surface area contributed by atoms with Crippen molar-refractivity contribution in [2.45, 2.75) is 24.4 Å². The fourth-order valence-electron chi connectivity index (χ4n) is 1.55. The molecule has 88 valence electrons. The third kappa shape index (κ3) is 3.75. The molecule has 0 spiro atoms. The second kappa shape index (κ2) is 5.19. The van der Waals surface area contributed by atoms with Gasteiger partial charge in [0.15, 0.2) is 0 Å². The lowest BCUT2D eigenvalue weighted by Gasteiger charge is -2.21. The zero-order chi connectivity index (χ0) is 11.6.